The van der Waals surface area contributed by atoms with Crippen molar-refractivity contribution in [2.45, 2.75) is 24.6 Å². The summed E-state index contributed by atoms with van der Waals surface area (Å²) in [6.45, 7) is 3.08. The van der Waals surface area contributed by atoms with Crippen LogP contribution in [0.25, 0.3) is 0 Å². The first kappa shape index (κ1) is 12.8. The monoisotopic (exact) mass is 247 g/mol. The minimum atomic E-state index is -0.401. The van der Waals surface area contributed by atoms with Crippen molar-refractivity contribution in [3.63, 3.8) is 0 Å². The molecule has 1 heterocycles. The predicted octanol–water partition coefficient (Wildman–Crippen LogP) is 0.321. The highest BCUT2D eigenvalue weighted by Gasteiger charge is 2.20. The van der Waals surface area contributed by atoms with E-state index < -0.39 is 6.10 Å². The number of aliphatic hydroxyl groups excluding tert-OH is 1. The van der Waals surface area contributed by atoms with Crippen molar-refractivity contribution in [3.05, 3.63) is 35.4 Å². The zero-order valence-electron chi connectivity index (χ0n) is 9.97. The summed E-state index contributed by atoms with van der Waals surface area (Å²) in [5, 5.41) is 9.95. The lowest BCUT2D eigenvalue weighted by Gasteiger charge is -2.31. The molecule has 1 aliphatic rings. The number of nitrogens with zero attached hydrogens (tertiary/aromatic N) is 1. The highest BCUT2D eigenvalue weighted by Crippen LogP contribution is 2.19. The van der Waals surface area contributed by atoms with Crippen molar-refractivity contribution in [1.82, 2.24) is 4.90 Å². The van der Waals surface area contributed by atoms with E-state index in [0.717, 1.165) is 19.5 Å². The van der Waals surface area contributed by atoms with Gasteiger partial charge >= 0.3 is 0 Å². The van der Waals surface area contributed by atoms with Crippen molar-refractivity contribution in [3.8, 4) is 0 Å². The van der Waals surface area contributed by atoms with Gasteiger partial charge in [-0.1, -0.05) is 24.3 Å². The Bertz CT molecular complexity index is 372. The van der Waals surface area contributed by atoms with E-state index in [1.165, 1.54) is 11.1 Å². The molecule has 0 amide bonds. The Balaban J connectivity index is 1.94. The number of rotatable bonds is 4. The van der Waals surface area contributed by atoms with Crippen LogP contribution in [0.4, 0.5) is 0 Å². The lowest BCUT2D eigenvalue weighted by Crippen LogP contribution is -2.39. The van der Waals surface area contributed by atoms with Crippen LogP contribution in [0.1, 0.15) is 11.1 Å². The fourth-order valence-electron chi connectivity index (χ4n) is 2.26. The van der Waals surface area contributed by atoms with Crippen LogP contribution in [0.5, 0.6) is 0 Å². The van der Waals surface area contributed by atoms with Gasteiger partial charge in [0.15, 0.2) is 0 Å². The Labute approximate surface area is 106 Å². The maximum atomic E-state index is 9.95. The molecule has 0 saturated carbocycles. The van der Waals surface area contributed by atoms with Crippen molar-refractivity contribution in [1.29, 1.82) is 0 Å². The standard InChI is InChI=1S/C13H19N2OSi/c14-7-13(17)12(16)9-15-6-5-10-3-1-2-4-11(10)8-15/h1-4,12-13,16H,5-9,14H2/t12-,13?/m1/s1. The molecule has 0 bridgehead atoms. The largest absolute Gasteiger partial charge is 0.392 e. The van der Waals surface area contributed by atoms with Gasteiger partial charge in [0.2, 0.25) is 0 Å². The molecule has 1 aliphatic heterocycles. The lowest BCUT2D eigenvalue weighted by atomic mass is 9.99. The van der Waals surface area contributed by atoms with Crippen LogP contribution in [0, 0.1) is 0 Å². The summed E-state index contributed by atoms with van der Waals surface area (Å²) < 4.78 is 0. The van der Waals surface area contributed by atoms with Crippen molar-refractivity contribution < 1.29 is 5.11 Å². The molecule has 91 valence electrons. The van der Waals surface area contributed by atoms with E-state index >= 15 is 0 Å². The average Bonchev–Trinajstić information content (AvgIpc) is 2.37. The molecule has 1 unspecified atom stereocenters. The van der Waals surface area contributed by atoms with Gasteiger partial charge in [-0.2, -0.15) is 0 Å². The molecule has 2 rings (SSSR count). The first-order chi connectivity index (χ1) is 8.20. The molecule has 0 spiro atoms. The fraction of sp³-hybridized carbons (Fsp3) is 0.538. The quantitative estimate of drug-likeness (QED) is 0.754. The zero-order valence-corrected chi connectivity index (χ0v) is 11.0. The smallest absolute Gasteiger partial charge is 0.0676 e. The summed E-state index contributed by atoms with van der Waals surface area (Å²) in [7, 11) is 3.45. The first-order valence-electron chi connectivity index (χ1n) is 6.09. The Morgan fingerprint density at radius 3 is 2.76 bits per heavy atom. The van der Waals surface area contributed by atoms with E-state index in [-0.39, 0.29) is 5.54 Å². The minimum Gasteiger partial charge on any atom is -0.392 e. The first-order valence-corrected chi connectivity index (χ1v) is 6.67. The SMILES string of the molecule is NCC([Si])[C@H](O)CN1CCc2ccccc2C1. The third-order valence-corrected chi connectivity index (χ3v) is 3.99. The molecule has 3 N–H and O–H groups in total. The van der Waals surface area contributed by atoms with Crippen molar-refractivity contribution >= 4 is 10.2 Å². The van der Waals surface area contributed by atoms with E-state index in [2.05, 4.69) is 39.4 Å². The van der Waals surface area contributed by atoms with Gasteiger partial charge < -0.3 is 10.8 Å². The molecule has 3 nitrogen and oxygen atoms in total. The number of aliphatic hydroxyl groups is 1. The van der Waals surface area contributed by atoms with Crippen molar-refractivity contribution in [2.24, 2.45) is 5.73 Å². The second kappa shape index (κ2) is 5.77. The maximum absolute atomic E-state index is 9.95. The molecule has 4 heteroatoms. The molecule has 1 aromatic carbocycles. The number of benzene rings is 1. The summed E-state index contributed by atoms with van der Waals surface area (Å²) >= 11 is 0. The lowest BCUT2D eigenvalue weighted by molar-refractivity contribution is 0.101. The zero-order chi connectivity index (χ0) is 12.3. The van der Waals surface area contributed by atoms with Gasteiger partial charge in [0.1, 0.15) is 0 Å². The van der Waals surface area contributed by atoms with E-state index in [1.54, 1.807) is 0 Å². The van der Waals surface area contributed by atoms with Crippen LogP contribution >= 0.6 is 0 Å². The second-order valence-corrected chi connectivity index (χ2v) is 5.40. The van der Waals surface area contributed by atoms with Gasteiger partial charge in [0, 0.05) is 29.9 Å². The van der Waals surface area contributed by atoms with Crippen LogP contribution in [0.15, 0.2) is 24.3 Å². The normalized spacial score (nSPS) is 19.7. The number of hydrogen-bond acceptors (Lipinski definition) is 3. The maximum Gasteiger partial charge on any atom is 0.0676 e. The van der Waals surface area contributed by atoms with E-state index in [9.17, 15) is 5.11 Å². The molecule has 0 saturated heterocycles. The van der Waals surface area contributed by atoms with Crippen LogP contribution in [0.2, 0.25) is 5.54 Å². The summed E-state index contributed by atoms with van der Waals surface area (Å²) in [4.78, 5) is 2.29. The summed E-state index contributed by atoms with van der Waals surface area (Å²) in [5.74, 6) is 0. The molecular weight excluding hydrogens is 228 g/mol. The third-order valence-electron chi connectivity index (χ3n) is 3.37. The molecule has 0 aliphatic carbocycles. The van der Waals surface area contributed by atoms with Gasteiger partial charge in [-0.3, -0.25) is 4.90 Å². The van der Waals surface area contributed by atoms with E-state index in [1.807, 2.05) is 0 Å². The molecule has 3 radical (unpaired) electrons. The van der Waals surface area contributed by atoms with Crippen LogP contribution in [0.3, 0.4) is 0 Å². The number of nitrogens with two attached hydrogens (primary N) is 1. The molecular formula is C13H19N2OSi. The average molecular weight is 247 g/mol. The minimum absolute atomic E-state index is 0.0211. The summed E-state index contributed by atoms with van der Waals surface area (Å²) in [6, 6.07) is 8.52. The highest BCUT2D eigenvalue weighted by atomic mass is 28.1. The van der Waals surface area contributed by atoms with Crippen LogP contribution < -0.4 is 5.73 Å². The number of β-amino-alcohol motifs (C(OH)–C–C–N with tert-alkyl or cyclic N) is 1. The van der Waals surface area contributed by atoms with Crippen LogP contribution in [-0.2, 0) is 13.0 Å². The Morgan fingerprint density at radius 1 is 1.35 bits per heavy atom. The van der Waals surface area contributed by atoms with Crippen LogP contribution in [-0.4, -0.2) is 46.0 Å². The van der Waals surface area contributed by atoms with Gasteiger partial charge in [-0.25, -0.2) is 0 Å². The fourth-order valence-corrected chi connectivity index (χ4v) is 2.36. The Morgan fingerprint density at radius 2 is 2.06 bits per heavy atom. The van der Waals surface area contributed by atoms with Gasteiger partial charge in [0.05, 0.1) is 6.10 Å². The highest BCUT2D eigenvalue weighted by molar-refractivity contribution is 6.12. The van der Waals surface area contributed by atoms with Gasteiger partial charge in [-0.05, 0) is 29.6 Å². The molecule has 1 aromatic rings. The summed E-state index contributed by atoms with van der Waals surface area (Å²) in [5.41, 5.74) is 8.32. The Kier molecular flexibility index (Phi) is 4.34. The number of fused-ring (bicyclic) bond motifs is 1. The molecule has 0 fully saturated rings. The molecule has 0 aromatic heterocycles. The van der Waals surface area contributed by atoms with Gasteiger partial charge in [0.25, 0.3) is 0 Å². The number of hydrogen-bond donors (Lipinski definition) is 2. The summed E-state index contributed by atoms with van der Waals surface area (Å²) in [6.07, 6.45) is 0.666. The molecule has 17 heavy (non-hydrogen) atoms. The topological polar surface area (TPSA) is 49.5 Å². The third kappa shape index (κ3) is 3.16. The van der Waals surface area contributed by atoms with E-state index in [0.29, 0.717) is 13.1 Å². The van der Waals surface area contributed by atoms with E-state index in [4.69, 9.17) is 5.73 Å². The van der Waals surface area contributed by atoms with Gasteiger partial charge in [-0.15, -0.1) is 0 Å². The van der Waals surface area contributed by atoms with Crippen molar-refractivity contribution in [2.75, 3.05) is 19.6 Å². The molecule has 2 atom stereocenters. The second-order valence-electron chi connectivity index (χ2n) is 4.66. The Hall–Kier alpha value is -0.683. The predicted molar refractivity (Wildman–Crippen MR) is 70.0 cm³/mol.